The van der Waals surface area contributed by atoms with Crippen molar-refractivity contribution in [2.24, 2.45) is 0 Å². The SMILES string of the molecule is CC(C)c1cc(C(=O)N2Cc3ccc(CN4CCN(C)CC4)cc3C2)c(O)cc1O[C@@H]1O[C@H](CO)[C@H](O)[C@H](O)[C@H]1O.CC(C)c1cc(C(=O)N2Cc3ccc(CN4CCN(C)CC4)cc3C2)c(O[C@@H]2O[C@H](CO)[C@H](O)[C@H](O)[C@H]2O)cc1O. The molecule has 0 aromatic heterocycles. The molecular formula is C60H82N6O16. The quantitative estimate of drug-likeness (QED) is 0.0849. The van der Waals surface area contributed by atoms with E-state index in [0.29, 0.717) is 37.3 Å². The second kappa shape index (κ2) is 26.2. The van der Waals surface area contributed by atoms with Gasteiger partial charge in [-0.1, -0.05) is 64.1 Å². The topological polar surface area (TPSA) is 293 Å². The van der Waals surface area contributed by atoms with Gasteiger partial charge in [0.25, 0.3) is 11.8 Å². The number of carbonyl (C=O) groups excluding carboxylic acids is 2. The molecule has 6 aliphatic heterocycles. The Morgan fingerprint density at radius 3 is 1.34 bits per heavy atom. The number of ether oxygens (including phenoxy) is 4. The van der Waals surface area contributed by atoms with Crippen molar-refractivity contribution in [1.82, 2.24) is 29.4 Å². The van der Waals surface area contributed by atoms with Crippen LogP contribution in [0.3, 0.4) is 0 Å². The van der Waals surface area contributed by atoms with Crippen LogP contribution in [0, 0.1) is 0 Å². The number of aromatic hydroxyl groups is 2. The van der Waals surface area contributed by atoms with Crippen LogP contribution in [0.1, 0.15) is 105 Å². The Labute approximate surface area is 478 Å². The van der Waals surface area contributed by atoms with Crippen molar-refractivity contribution in [2.45, 2.75) is 140 Å². The molecule has 0 aliphatic carbocycles. The lowest BCUT2D eigenvalue weighted by atomic mass is 9.97. The first-order valence-corrected chi connectivity index (χ1v) is 28.4. The summed E-state index contributed by atoms with van der Waals surface area (Å²) in [6.07, 6.45) is -14.7. The van der Waals surface area contributed by atoms with Gasteiger partial charge in [0.05, 0.1) is 24.3 Å². The highest BCUT2D eigenvalue weighted by molar-refractivity contribution is 5.98. The highest BCUT2D eigenvalue weighted by Crippen LogP contribution is 2.40. The lowest BCUT2D eigenvalue weighted by Crippen LogP contribution is -2.60. The largest absolute Gasteiger partial charge is 0.508 e. The third-order valence-electron chi connectivity index (χ3n) is 16.7. The fraction of sp³-hybridized carbons (Fsp3) is 0.567. The number of likely N-dealkylation sites (N-methyl/N-ethyl adjacent to an activating group) is 2. The van der Waals surface area contributed by atoms with E-state index in [1.807, 2.05) is 27.7 Å². The molecule has 4 aromatic rings. The van der Waals surface area contributed by atoms with Gasteiger partial charge in [-0.05, 0) is 82.6 Å². The minimum absolute atomic E-state index is 0.0343. The number of carbonyl (C=O) groups is 2. The third kappa shape index (κ3) is 13.5. The summed E-state index contributed by atoms with van der Waals surface area (Å²) in [7, 11) is 4.28. The fourth-order valence-electron chi connectivity index (χ4n) is 11.5. The molecule has 10 atom stereocenters. The van der Waals surface area contributed by atoms with E-state index in [-0.39, 0.29) is 57.8 Å². The first-order valence-electron chi connectivity index (χ1n) is 28.4. The highest BCUT2D eigenvalue weighted by Gasteiger charge is 2.47. The number of fused-ring (bicyclic) bond motifs is 2. The summed E-state index contributed by atoms with van der Waals surface area (Å²) in [4.78, 5) is 40.5. The number of benzene rings is 4. The van der Waals surface area contributed by atoms with E-state index in [1.54, 1.807) is 21.9 Å². The molecule has 22 nitrogen and oxygen atoms in total. The number of nitrogens with zero attached hydrogens (tertiary/aromatic N) is 6. The number of hydrogen-bond donors (Lipinski definition) is 10. The number of rotatable bonds is 14. The number of hydrogen-bond acceptors (Lipinski definition) is 20. The molecule has 2 amide bonds. The summed E-state index contributed by atoms with van der Waals surface area (Å²) >= 11 is 0. The smallest absolute Gasteiger partial charge is 0.258 e. The first kappa shape index (κ1) is 61.0. The Morgan fingerprint density at radius 1 is 0.500 bits per heavy atom. The Kier molecular flexibility index (Phi) is 19.5. The Morgan fingerprint density at radius 2 is 0.902 bits per heavy atom. The van der Waals surface area contributed by atoms with Crippen LogP contribution in [0.25, 0.3) is 0 Å². The zero-order valence-electron chi connectivity index (χ0n) is 47.6. The molecule has 0 unspecified atom stereocenters. The van der Waals surface area contributed by atoms with Gasteiger partial charge in [-0.15, -0.1) is 0 Å². The van der Waals surface area contributed by atoms with E-state index in [4.69, 9.17) is 18.9 Å². The Balaban J connectivity index is 0.000000198. The molecule has 10 N–H and O–H groups in total. The minimum Gasteiger partial charge on any atom is -0.508 e. The van der Waals surface area contributed by atoms with Crippen LogP contribution in [0.15, 0.2) is 60.7 Å². The molecule has 22 heteroatoms. The van der Waals surface area contributed by atoms with Crippen LogP contribution in [-0.2, 0) is 48.7 Å². The first-order chi connectivity index (χ1) is 39.1. The lowest BCUT2D eigenvalue weighted by molar-refractivity contribution is -0.277. The van der Waals surface area contributed by atoms with Gasteiger partial charge in [-0.25, -0.2) is 0 Å². The second-order valence-electron chi connectivity index (χ2n) is 23.4. The number of aliphatic hydroxyl groups excluding tert-OH is 8. The predicted molar refractivity (Wildman–Crippen MR) is 299 cm³/mol. The van der Waals surface area contributed by atoms with Gasteiger partial charge in [0.15, 0.2) is 0 Å². The molecule has 6 heterocycles. The number of amides is 2. The monoisotopic (exact) mass is 1140 g/mol. The van der Waals surface area contributed by atoms with Crippen LogP contribution < -0.4 is 9.47 Å². The molecule has 4 fully saturated rings. The molecule has 4 aromatic carbocycles. The van der Waals surface area contributed by atoms with Crippen molar-refractivity contribution in [3.63, 3.8) is 0 Å². The van der Waals surface area contributed by atoms with E-state index >= 15 is 0 Å². The molecule has 0 bridgehead atoms. The van der Waals surface area contributed by atoms with Crippen molar-refractivity contribution in [3.8, 4) is 23.0 Å². The maximum atomic E-state index is 13.9. The molecule has 0 saturated carbocycles. The van der Waals surface area contributed by atoms with Crippen molar-refractivity contribution < 1.29 is 79.6 Å². The normalized spacial score (nSPS) is 27.3. The fourth-order valence-corrected chi connectivity index (χ4v) is 11.5. The molecule has 6 aliphatic rings. The van der Waals surface area contributed by atoms with Gasteiger partial charge in [-0.2, -0.15) is 0 Å². The maximum absolute atomic E-state index is 13.9. The number of phenols is 2. The zero-order chi connectivity index (χ0) is 58.8. The van der Waals surface area contributed by atoms with E-state index in [2.05, 4.69) is 70.1 Å². The Hall–Kier alpha value is -5.54. The van der Waals surface area contributed by atoms with Crippen LogP contribution in [0.5, 0.6) is 23.0 Å². The second-order valence-corrected chi connectivity index (χ2v) is 23.4. The van der Waals surface area contributed by atoms with E-state index in [1.165, 1.54) is 23.3 Å². The van der Waals surface area contributed by atoms with E-state index in [9.17, 15) is 60.7 Å². The summed E-state index contributed by atoms with van der Waals surface area (Å²) in [5.41, 5.74) is 8.25. The van der Waals surface area contributed by atoms with Crippen molar-refractivity contribution >= 4 is 11.8 Å². The van der Waals surface area contributed by atoms with Crippen LogP contribution in [-0.4, -0.2) is 233 Å². The summed E-state index contributed by atoms with van der Waals surface area (Å²) in [6, 6.07) is 18.6. The summed E-state index contributed by atoms with van der Waals surface area (Å²) in [6.45, 7) is 18.2. The summed E-state index contributed by atoms with van der Waals surface area (Å²) < 4.78 is 22.7. The van der Waals surface area contributed by atoms with Crippen LogP contribution >= 0.6 is 0 Å². The van der Waals surface area contributed by atoms with Crippen molar-refractivity contribution in [2.75, 3.05) is 79.7 Å². The molecule has 4 saturated heterocycles. The minimum atomic E-state index is -1.66. The lowest BCUT2D eigenvalue weighted by Gasteiger charge is -2.39. The van der Waals surface area contributed by atoms with Gasteiger partial charge in [0.2, 0.25) is 12.6 Å². The van der Waals surface area contributed by atoms with Gasteiger partial charge < -0.3 is 89.6 Å². The average Bonchev–Trinajstić information content (AvgIpc) is 4.13. The third-order valence-corrected chi connectivity index (χ3v) is 16.7. The molecule has 448 valence electrons. The standard InChI is InChI=1S/2C30H41N3O8/c1-17(2)21-11-22(23(35)12-24(21)40-30-28(38)27(37)26(36)25(16-34)41-30)29(39)33-14-19-5-4-18(10-20(19)15-33)13-32-8-6-31(3)7-9-32;1-17(2)21-11-22(24(12-23(21)35)40-30-28(38)27(37)26(36)25(16-34)41-30)29(39)33-14-19-5-4-18(10-20(19)15-33)13-32-8-6-31(3)7-9-32/h2*4-5,10-12,17,25-28,30,34-38H,6-9,13-16H2,1-3H3/t2*25-,26+,27+,28-,30-/m11/s1. The molecular weight excluding hydrogens is 1060 g/mol. The highest BCUT2D eigenvalue weighted by atomic mass is 16.7. The van der Waals surface area contributed by atoms with Gasteiger partial charge in [0, 0.05) is 104 Å². The number of piperazine rings is 2. The van der Waals surface area contributed by atoms with Crippen LogP contribution in [0.2, 0.25) is 0 Å². The molecule has 0 radical (unpaired) electrons. The molecule has 0 spiro atoms. The average molecular weight is 1140 g/mol. The van der Waals surface area contributed by atoms with E-state index in [0.717, 1.165) is 87.7 Å². The summed E-state index contributed by atoms with van der Waals surface area (Å²) in [5, 5.41) is 102. The number of phenolic OH excluding ortho intramolecular Hbond substituents is 2. The molecule has 10 rings (SSSR count). The van der Waals surface area contributed by atoms with Crippen LogP contribution in [0.4, 0.5) is 0 Å². The van der Waals surface area contributed by atoms with Gasteiger partial charge in [-0.3, -0.25) is 19.4 Å². The maximum Gasteiger partial charge on any atom is 0.258 e. The van der Waals surface area contributed by atoms with E-state index < -0.39 is 74.6 Å². The summed E-state index contributed by atoms with van der Waals surface area (Å²) in [5.74, 6) is -1.08. The number of aliphatic hydroxyl groups is 8. The zero-order valence-corrected chi connectivity index (χ0v) is 47.6. The van der Waals surface area contributed by atoms with Crippen molar-refractivity contribution in [3.05, 3.63) is 116 Å². The Bertz CT molecular complexity index is 2870. The van der Waals surface area contributed by atoms with Crippen molar-refractivity contribution in [1.29, 1.82) is 0 Å². The predicted octanol–water partition coefficient (Wildman–Crippen LogP) is 1.20. The van der Waals surface area contributed by atoms with Gasteiger partial charge in [0.1, 0.15) is 71.8 Å². The molecule has 82 heavy (non-hydrogen) atoms. The van der Waals surface area contributed by atoms with Gasteiger partial charge >= 0.3 is 0 Å².